The van der Waals surface area contributed by atoms with Gasteiger partial charge in [0.25, 0.3) is 5.22 Å². The monoisotopic (exact) mass is 277 g/mol. The lowest BCUT2D eigenvalue weighted by Crippen LogP contribution is -2.10. The molecule has 1 heterocycles. The summed E-state index contributed by atoms with van der Waals surface area (Å²) in [4.78, 5) is 0. The first-order valence-electron chi connectivity index (χ1n) is 6.23. The molecular formula is C14H19N3OS. The first kappa shape index (κ1) is 14.1. The molecule has 1 aromatic carbocycles. The zero-order chi connectivity index (χ0) is 13.9. The van der Waals surface area contributed by atoms with Crippen LogP contribution in [0, 0.1) is 0 Å². The van der Waals surface area contributed by atoms with Crippen molar-refractivity contribution in [3.05, 3.63) is 41.3 Å². The topological polar surface area (TPSA) is 64.9 Å². The van der Waals surface area contributed by atoms with Gasteiger partial charge in [0.15, 0.2) is 0 Å². The second-order valence-electron chi connectivity index (χ2n) is 5.40. The van der Waals surface area contributed by atoms with Gasteiger partial charge in [-0.05, 0) is 16.5 Å². The average Bonchev–Trinajstić information content (AvgIpc) is 2.84. The highest BCUT2D eigenvalue weighted by molar-refractivity contribution is 7.98. The zero-order valence-corrected chi connectivity index (χ0v) is 12.3. The summed E-state index contributed by atoms with van der Waals surface area (Å²) in [5, 5.41) is 8.33. The van der Waals surface area contributed by atoms with Crippen molar-refractivity contribution < 1.29 is 4.42 Å². The van der Waals surface area contributed by atoms with Gasteiger partial charge in [-0.1, -0.05) is 56.8 Å². The van der Waals surface area contributed by atoms with E-state index >= 15 is 0 Å². The van der Waals surface area contributed by atoms with E-state index in [-0.39, 0.29) is 12.0 Å². The summed E-state index contributed by atoms with van der Waals surface area (Å²) in [5.41, 5.74) is 8.19. The highest BCUT2D eigenvalue weighted by atomic mass is 32.2. The molecule has 0 aliphatic heterocycles. The Balaban J connectivity index is 1.96. The molecule has 0 bridgehead atoms. The van der Waals surface area contributed by atoms with Crippen LogP contribution in [0.1, 0.15) is 37.8 Å². The Bertz CT molecular complexity index is 528. The Kier molecular flexibility index (Phi) is 4.27. The van der Waals surface area contributed by atoms with E-state index in [9.17, 15) is 0 Å². The molecule has 2 N–H and O–H groups in total. The van der Waals surface area contributed by atoms with E-state index in [2.05, 4.69) is 55.2 Å². The minimum absolute atomic E-state index is 0.189. The van der Waals surface area contributed by atoms with Crippen LogP contribution < -0.4 is 5.73 Å². The molecule has 0 radical (unpaired) electrons. The predicted octanol–water partition coefficient (Wildman–Crippen LogP) is 3.12. The average molecular weight is 277 g/mol. The number of thioether (sulfide) groups is 1. The van der Waals surface area contributed by atoms with E-state index in [1.807, 2.05) is 0 Å². The normalized spacial score (nSPS) is 11.8. The maximum absolute atomic E-state index is 5.42. The summed E-state index contributed by atoms with van der Waals surface area (Å²) in [6.07, 6.45) is 0. The minimum Gasteiger partial charge on any atom is -0.415 e. The molecule has 5 heteroatoms. The van der Waals surface area contributed by atoms with Crippen LogP contribution in [0.5, 0.6) is 0 Å². The number of nitrogens with zero attached hydrogens (tertiary/aromatic N) is 2. The summed E-state index contributed by atoms with van der Waals surface area (Å²) in [5.74, 6) is 1.29. The predicted molar refractivity (Wildman–Crippen MR) is 76.9 cm³/mol. The van der Waals surface area contributed by atoms with Crippen LogP contribution in [0.15, 0.2) is 33.9 Å². The number of nitrogens with two attached hydrogens (primary N) is 1. The van der Waals surface area contributed by atoms with Gasteiger partial charge in [-0.2, -0.15) is 0 Å². The molecule has 0 aliphatic carbocycles. The molecule has 0 fully saturated rings. The summed E-state index contributed by atoms with van der Waals surface area (Å²) in [6.45, 7) is 6.92. The lowest BCUT2D eigenvalue weighted by Gasteiger charge is -2.19. The summed E-state index contributed by atoms with van der Waals surface area (Å²) in [7, 11) is 0. The fourth-order valence-corrected chi connectivity index (χ4v) is 2.36. The first-order valence-corrected chi connectivity index (χ1v) is 7.22. The van der Waals surface area contributed by atoms with E-state index in [0.29, 0.717) is 11.1 Å². The van der Waals surface area contributed by atoms with Gasteiger partial charge in [-0.15, -0.1) is 10.2 Å². The number of benzene rings is 1. The van der Waals surface area contributed by atoms with Crippen LogP contribution in [0.3, 0.4) is 0 Å². The summed E-state index contributed by atoms with van der Waals surface area (Å²) >= 11 is 1.53. The maximum Gasteiger partial charge on any atom is 0.276 e. The molecule has 0 aliphatic rings. The third kappa shape index (κ3) is 3.81. The standard InChI is InChI=1S/C14H19N3OS/c1-14(2,3)11-6-4-10(5-7-11)9-19-13-17-16-12(8-15)18-13/h4-7H,8-9,15H2,1-3H3. The second-order valence-corrected chi connectivity index (χ2v) is 6.33. The van der Waals surface area contributed by atoms with Gasteiger partial charge in [-0.25, -0.2) is 0 Å². The lowest BCUT2D eigenvalue weighted by atomic mass is 9.87. The Morgan fingerprint density at radius 2 is 1.84 bits per heavy atom. The van der Waals surface area contributed by atoms with Gasteiger partial charge in [0.2, 0.25) is 5.89 Å². The molecule has 4 nitrogen and oxygen atoms in total. The Hall–Kier alpha value is -1.33. The number of rotatable bonds is 4. The minimum atomic E-state index is 0.189. The SMILES string of the molecule is CC(C)(C)c1ccc(CSc2nnc(CN)o2)cc1. The smallest absolute Gasteiger partial charge is 0.276 e. The Morgan fingerprint density at radius 1 is 1.16 bits per heavy atom. The number of hydrogen-bond donors (Lipinski definition) is 1. The van der Waals surface area contributed by atoms with Crippen LogP contribution in [-0.4, -0.2) is 10.2 Å². The van der Waals surface area contributed by atoms with Crippen molar-refractivity contribution in [1.82, 2.24) is 10.2 Å². The van der Waals surface area contributed by atoms with Crippen molar-refractivity contribution in [2.24, 2.45) is 5.73 Å². The van der Waals surface area contributed by atoms with E-state index in [1.165, 1.54) is 22.9 Å². The number of aromatic nitrogens is 2. The van der Waals surface area contributed by atoms with Crippen molar-refractivity contribution >= 4 is 11.8 Å². The highest BCUT2D eigenvalue weighted by Crippen LogP contribution is 2.25. The van der Waals surface area contributed by atoms with Crippen molar-refractivity contribution in [2.45, 2.75) is 43.7 Å². The molecule has 2 aromatic rings. The van der Waals surface area contributed by atoms with Crippen molar-refractivity contribution in [1.29, 1.82) is 0 Å². The fourth-order valence-electron chi connectivity index (χ4n) is 1.63. The Morgan fingerprint density at radius 3 is 2.37 bits per heavy atom. The maximum atomic E-state index is 5.42. The largest absolute Gasteiger partial charge is 0.415 e. The zero-order valence-electron chi connectivity index (χ0n) is 11.5. The van der Waals surface area contributed by atoms with Gasteiger partial charge < -0.3 is 10.2 Å². The van der Waals surface area contributed by atoms with Crippen LogP contribution in [0.2, 0.25) is 0 Å². The first-order chi connectivity index (χ1) is 8.99. The van der Waals surface area contributed by atoms with Gasteiger partial charge in [-0.3, -0.25) is 0 Å². The lowest BCUT2D eigenvalue weighted by molar-refractivity contribution is 0.415. The molecular weight excluding hydrogens is 258 g/mol. The van der Waals surface area contributed by atoms with E-state index in [1.54, 1.807) is 0 Å². The van der Waals surface area contributed by atoms with Gasteiger partial charge in [0.05, 0.1) is 6.54 Å². The van der Waals surface area contributed by atoms with Crippen LogP contribution in [-0.2, 0) is 17.7 Å². The third-order valence-electron chi connectivity index (χ3n) is 2.81. The van der Waals surface area contributed by atoms with E-state index < -0.39 is 0 Å². The molecule has 0 atom stereocenters. The molecule has 0 amide bonds. The fraction of sp³-hybridized carbons (Fsp3) is 0.429. The molecule has 0 saturated carbocycles. The van der Waals surface area contributed by atoms with Gasteiger partial charge >= 0.3 is 0 Å². The molecule has 0 unspecified atom stereocenters. The van der Waals surface area contributed by atoms with E-state index in [4.69, 9.17) is 10.2 Å². The van der Waals surface area contributed by atoms with Crippen molar-refractivity contribution in [3.63, 3.8) is 0 Å². The molecule has 0 saturated heterocycles. The quantitative estimate of drug-likeness (QED) is 0.870. The molecule has 19 heavy (non-hydrogen) atoms. The van der Waals surface area contributed by atoms with Gasteiger partial charge in [0, 0.05) is 5.75 Å². The van der Waals surface area contributed by atoms with Crippen LogP contribution in [0.4, 0.5) is 0 Å². The second kappa shape index (κ2) is 5.75. The van der Waals surface area contributed by atoms with Gasteiger partial charge in [0.1, 0.15) is 0 Å². The third-order valence-corrected chi connectivity index (χ3v) is 3.69. The highest BCUT2D eigenvalue weighted by Gasteiger charge is 2.13. The molecule has 1 aromatic heterocycles. The molecule has 0 spiro atoms. The summed E-state index contributed by atoms with van der Waals surface area (Å²) < 4.78 is 5.35. The molecule has 2 rings (SSSR count). The van der Waals surface area contributed by atoms with Crippen molar-refractivity contribution in [2.75, 3.05) is 0 Å². The summed E-state index contributed by atoms with van der Waals surface area (Å²) in [6, 6.07) is 8.64. The number of hydrogen-bond acceptors (Lipinski definition) is 5. The Labute approximate surface area is 117 Å². The van der Waals surface area contributed by atoms with Crippen LogP contribution in [0.25, 0.3) is 0 Å². The van der Waals surface area contributed by atoms with E-state index in [0.717, 1.165) is 5.75 Å². The molecule has 102 valence electrons. The van der Waals surface area contributed by atoms with Crippen LogP contribution >= 0.6 is 11.8 Å². The van der Waals surface area contributed by atoms with Crippen molar-refractivity contribution in [3.8, 4) is 0 Å².